The summed E-state index contributed by atoms with van der Waals surface area (Å²) in [5.74, 6) is 2.37. The molecule has 2 heterocycles. The fourth-order valence-corrected chi connectivity index (χ4v) is 2.05. The topological polar surface area (TPSA) is 60.9 Å². The van der Waals surface area contributed by atoms with E-state index >= 15 is 0 Å². The van der Waals surface area contributed by atoms with Gasteiger partial charge in [-0.15, -0.1) is 0 Å². The molecular weight excluding hydrogens is 252 g/mol. The van der Waals surface area contributed by atoms with Crippen LogP contribution >= 0.6 is 0 Å². The molecule has 0 aliphatic heterocycles. The van der Waals surface area contributed by atoms with Crippen LogP contribution in [0.5, 0.6) is 0 Å². The quantitative estimate of drug-likeness (QED) is 0.902. The zero-order valence-corrected chi connectivity index (χ0v) is 12.8. The molecule has 0 spiro atoms. The van der Waals surface area contributed by atoms with E-state index in [4.69, 9.17) is 0 Å². The zero-order valence-electron chi connectivity index (χ0n) is 12.8. The molecule has 0 amide bonds. The molecule has 0 aromatic carbocycles. The van der Waals surface area contributed by atoms with Crippen molar-refractivity contribution in [1.29, 1.82) is 0 Å². The largest absolute Gasteiger partial charge is 0.367 e. The van der Waals surface area contributed by atoms with Gasteiger partial charge in [0.15, 0.2) is 0 Å². The Balaban J connectivity index is 2.48. The lowest BCUT2D eigenvalue weighted by molar-refractivity contribution is 0.703. The van der Waals surface area contributed by atoms with Crippen LogP contribution in [0.1, 0.15) is 30.7 Å². The number of rotatable bonds is 5. The first-order chi connectivity index (χ1) is 9.52. The Morgan fingerprint density at radius 1 is 1.05 bits per heavy atom. The van der Waals surface area contributed by atoms with E-state index in [1.807, 2.05) is 50.4 Å². The Morgan fingerprint density at radius 3 is 2.05 bits per heavy atom. The van der Waals surface area contributed by atoms with Crippen molar-refractivity contribution in [3.63, 3.8) is 0 Å². The minimum Gasteiger partial charge on any atom is -0.367 e. The van der Waals surface area contributed by atoms with Crippen molar-refractivity contribution >= 4 is 11.9 Å². The first-order valence-electron chi connectivity index (χ1n) is 6.76. The molecule has 1 unspecified atom stereocenters. The number of aromatic amines is 1. The maximum absolute atomic E-state index is 4.61. The third-order valence-corrected chi connectivity index (χ3v) is 3.17. The Hall–Kier alpha value is -2.11. The zero-order chi connectivity index (χ0) is 14.7. The highest BCUT2D eigenvalue weighted by Gasteiger charge is 2.19. The minimum absolute atomic E-state index is 0.182. The highest BCUT2D eigenvalue weighted by Crippen LogP contribution is 2.26. The summed E-state index contributed by atoms with van der Waals surface area (Å²) in [6.07, 6.45) is 4.88. The van der Waals surface area contributed by atoms with Crippen LogP contribution in [-0.2, 0) is 0 Å². The standard InChI is InChI=1S/C14H22N6/c1-6-11(10-7-8-15-9-10)12-16-13(19(2)3)18-14(17-12)20(4)5/h7-9,11,15H,6H2,1-5H3. The Morgan fingerprint density at radius 2 is 1.65 bits per heavy atom. The van der Waals surface area contributed by atoms with E-state index in [0.717, 1.165) is 12.2 Å². The van der Waals surface area contributed by atoms with Gasteiger partial charge in [-0.1, -0.05) is 6.92 Å². The average molecular weight is 274 g/mol. The monoisotopic (exact) mass is 274 g/mol. The van der Waals surface area contributed by atoms with Crippen LogP contribution in [0.25, 0.3) is 0 Å². The smallest absolute Gasteiger partial charge is 0.229 e. The first kappa shape index (κ1) is 14.3. The van der Waals surface area contributed by atoms with Crippen molar-refractivity contribution < 1.29 is 0 Å². The van der Waals surface area contributed by atoms with Gasteiger partial charge in [0.2, 0.25) is 11.9 Å². The average Bonchev–Trinajstić information content (AvgIpc) is 2.93. The van der Waals surface area contributed by atoms with Crippen LogP contribution in [0.2, 0.25) is 0 Å². The van der Waals surface area contributed by atoms with Crippen LogP contribution in [0.3, 0.4) is 0 Å². The molecule has 0 saturated carbocycles. The molecule has 2 aromatic heterocycles. The fraction of sp³-hybridized carbons (Fsp3) is 0.500. The van der Waals surface area contributed by atoms with Crippen molar-refractivity contribution in [1.82, 2.24) is 19.9 Å². The van der Waals surface area contributed by atoms with E-state index in [1.54, 1.807) is 0 Å². The summed E-state index contributed by atoms with van der Waals surface area (Å²) in [5, 5.41) is 0. The molecule has 108 valence electrons. The predicted molar refractivity (Wildman–Crippen MR) is 81.4 cm³/mol. The van der Waals surface area contributed by atoms with Crippen LogP contribution in [0, 0.1) is 0 Å². The normalized spacial score (nSPS) is 12.2. The lowest BCUT2D eigenvalue weighted by Crippen LogP contribution is -2.21. The lowest BCUT2D eigenvalue weighted by Gasteiger charge is -2.19. The molecular formula is C14H22N6. The fourth-order valence-electron chi connectivity index (χ4n) is 2.05. The highest BCUT2D eigenvalue weighted by molar-refractivity contribution is 5.38. The molecule has 2 aromatic rings. The van der Waals surface area contributed by atoms with E-state index in [9.17, 15) is 0 Å². The molecule has 0 fully saturated rings. The molecule has 1 atom stereocenters. The van der Waals surface area contributed by atoms with Gasteiger partial charge in [-0.25, -0.2) is 0 Å². The number of hydrogen-bond acceptors (Lipinski definition) is 5. The molecule has 0 aliphatic carbocycles. The lowest BCUT2D eigenvalue weighted by atomic mass is 9.98. The van der Waals surface area contributed by atoms with E-state index in [2.05, 4.69) is 32.9 Å². The van der Waals surface area contributed by atoms with E-state index < -0.39 is 0 Å². The summed E-state index contributed by atoms with van der Waals surface area (Å²) in [5.41, 5.74) is 1.20. The van der Waals surface area contributed by atoms with Gasteiger partial charge in [-0.05, 0) is 18.1 Å². The summed E-state index contributed by atoms with van der Waals surface area (Å²) in [4.78, 5) is 20.6. The molecule has 6 heteroatoms. The van der Waals surface area contributed by atoms with Crippen LogP contribution in [0.4, 0.5) is 11.9 Å². The summed E-state index contributed by atoms with van der Waals surface area (Å²) >= 11 is 0. The minimum atomic E-state index is 0.182. The summed E-state index contributed by atoms with van der Waals surface area (Å²) in [6, 6.07) is 2.07. The third kappa shape index (κ3) is 2.89. The third-order valence-electron chi connectivity index (χ3n) is 3.17. The van der Waals surface area contributed by atoms with Crippen molar-refractivity contribution in [2.45, 2.75) is 19.3 Å². The van der Waals surface area contributed by atoms with Gasteiger partial charge in [-0.3, -0.25) is 0 Å². The van der Waals surface area contributed by atoms with Crippen LogP contribution < -0.4 is 9.80 Å². The number of nitrogens with zero attached hydrogens (tertiary/aromatic N) is 5. The van der Waals surface area contributed by atoms with Crippen LogP contribution in [0.15, 0.2) is 18.5 Å². The number of anilines is 2. The molecule has 0 bridgehead atoms. The van der Waals surface area contributed by atoms with Crippen molar-refractivity contribution in [2.75, 3.05) is 38.0 Å². The molecule has 1 N–H and O–H groups in total. The summed E-state index contributed by atoms with van der Waals surface area (Å²) < 4.78 is 0. The molecule has 2 rings (SSSR count). The van der Waals surface area contributed by atoms with Crippen LogP contribution in [-0.4, -0.2) is 48.1 Å². The Labute approximate surface area is 119 Å². The van der Waals surface area contributed by atoms with Gasteiger partial charge < -0.3 is 14.8 Å². The SMILES string of the molecule is CCC(c1cc[nH]c1)c1nc(N(C)C)nc(N(C)C)n1. The molecule has 0 aliphatic rings. The summed E-state index contributed by atoms with van der Waals surface area (Å²) in [7, 11) is 7.76. The van der Waals surface area contributed by atoms with Crippen molar-refractivity contribution in [3.05, 3.63) is 29.8 Å². The van der Waals surface area contributed by atoms with Gasteiger partial charge in [0.1, 0.15) is 5.82 Å². The molecule has 0 radical (unpaired) electrons. The van der Waals surface area contributed by atoms with Gasteiger partial charge >= 0.3 is 0 Å². The second kappa shape index (κ2) is 5.90. The van der Waals surface area contributed by atoms with Gasteiger partial charge in [-0.2, -0.15) is 15.0 Å². The number of H-pyrrole nitrogens is 1. The molecule has 6 nitrogen and oxygen atoms in total. The first-order valence-corrected chi connectivity index (χ1v) is 6.76. The van der Waals surface area contributed by atoms with Crippen molar-refractivity contribution in [3.8, 4) is 0 Å². The Bertz CT molecular complexity index is 521. The molecule has 0 saturated heterocycles. The maximum atomic E-state index is 4.61. The number of hydrogen-bond donors (Lipinski definition) is 1. The Kier molecular flexibility index (Phi) is 4.22. The van der Waals surface area contributed by atoms with E-state index in [1.165, 1.54) is 5.56 Å². The van der Waals surface area contributed by atoms with Gasteiger partial charge in [0.05, 0.1) is 0 Å². The van der Waals surface area contributed by atoms with E-state index in [0.29, 0.717) is 11.9 Å². The summed E-state index contributed by atoms with van der Waals surface area (Å²) in [6.45, 7) is 2.14. The maximum Gasteiger partial charge on any atom is 0.229 e. The molecule has 20 heavy (non-hydrogen) atoms. The number of aromatic nitrogens is 4. The number of nitrogens with one attached hydrogen (secondary N) is 1. The van der Waals surface area contributed by atoms with E-state index in [-0.39, 0.29) is 5.92 Å². The second-order valence-electron chi connectivity index (χ2n) is 5.19. The van der Waals surface area contributed by atoms with Crippen molar-refractivity contribution in [2.24, 2.45) is 0 Å². The van der Waals surface area contributed by atoms with Gasteiger partial charge in [0, 0.05) is 46.5 Å². The van der Waals surface area contributed by atoms with Gasteiger partial charge in [0.25, 0.3) is 0 Å². The second-order valence-corrected chi connectivity index (χ2v) is 5.19. The highest BCUT2D eigenvalue weighted by atomic mass is 15.3. The predicted octanol–water partition coefficient (Wildman–Crippen LogP) is 1.87.